The molecule has 1 heterocycles. The molecule has 0 bridgehead atoms. The van der Waals surface area contributed by atoms with Crippen molar-refractivity contribution in [1.29, 1.82) is 0 Å². The molecule has 106 valence electrons. The van der Waals surface area contributed by atoms with Gasteiger partial charge in [0.15, 0.2) is 11.4 Å². The first-order valence-corrected chi connectivity index (χ1v) is 7.84. The number of thioether (sulfide) groups is 1. The summed E-state index contributed by atoms with van der Waals surface area (Å²) in [6.45, 7) is 0. The molecule has 21 heavy (non-hydrogen) atoms. The Bertz CT molecular complexity index is 783. The largest absolute Gasteiger partial charge is 0.431 e. The predicted molar refractivity (Wildman–Crippen MR) is 85.5 cm³/mol. The third kappa shape index (κ3) is 3.23. The molecule has 0 fully saturated rings. The second kappa shape index (κ2) is 6.10. The Hall–Kier alpha value is -1.49. The van der Waals surface area contributed by atoms with Crippen molar-refractivity contribution in [3.8, 4) is 0 Å². The summed E-state index contributed by atoms with van der Waals surface area (Å²) in [6, 6.07) is 12.3. The topological polar surface area (TPSA) is 43.1 Å². The summed E-state index contributed by atoms with van der Waals surface area (Å²) in [5.74, 6) is 0.0714. The number of carbonyl (C=O) groups is 1. The average molecular weight is 338 g/mol. The predicted octanol–water partition coefficient (Wildman–Crippen LogP) is 5.11. The molecule has 0 saturated heterocycles. The first kappa shape index (κ1) is 14.4. The molecule has 2 aromatic carbocycles. The van der Waals surface area contributed by atoms with E-state index in [1.807, 2.05) is 24.3 Å². The molecule has 0 aliphatic rings. The van der Waals surface area contributed by atoms with Crippen molar-refractivity contribution in [3.63, 3.8) is 0 Å². The van der Waals surface area contributed by atoms with Gasteiger partial charge in [0.05, 0.1) is 10.8 Å². The molecule has 3 nitrogen and oxygen atoms in total. The lowest BCUT2D eigenvalue weighted by Crippen LogP contribution is -2.03. The van der Waals surface area contributed by atoms with Gasteiger partial charge in [-0.2, -0.15) is 0 Å². The number of benzene rings is 2. The van der Waals surface area contributed by atoms with Gasteiger partial charge in [-0.1, -0.05) is 47.1 Å². The lowest BCUT2D eigenvalue weighted by Gasteiger charge is -2.02. The van der Waals surface area contributed by atoms with Crippen molar-refractivity contribution in [1.82, 2.24) is 4.98 Å². The minimum atomic E-state index is -0.116. The molecule has 1 aromatic heterocycles. The van der Waals surface area contributed by atoms with Gasteiger partial charge in [0.25, 0.3) is 5.22 Å². The summed E-state index contributed by atoms with van der Waals surface area (Å²) >= 11 is 13.1. The maximum absolute atomic E-state index is 12.2. The molecule has 0 aliphatic heterocycles. The molecule has 0 N–H and O–H groups in total. The number of Topliss-reactive ketones (excluding diaryl/α,β-unsaturated/α-hetero) is 1. The second-order valence-corrected chi connectivity index (χ2v) is 6.05. The van der Waals surface area contributed by atoms with Crippen molar-refractivity contribution < 1.29 is 9.21 Å². The molecule has 3 rings (SSSR count). The van der Waals surface area contributed by atoms with Crippen LogP contribution in [0, 0.1) is 0 Å². The van der Waals surface area contributed by atoms with Crippen molar-refractivity contribution >= 4 is 51.8 Å². The Balaban J connectivity index is 1.74. The van der Waals surface area contributed by atoms with Crippen LogP contribution in [0.4, 0.5) is 0 Å². The zero-order valence-electron chi connectivity index (χ0n) is 10.7. The van der Waals surface area contributed by atoms with E-state index in [1.165, 1.54) is 11.8 Å². The number of ketones is 1. The molecule has 0 radical (unpaired) electrons. The Morgan fingerprint density at radius 3 is 2.81 bits per heavy atom. The highest BCUT2D eigenvalue weighted by molar-refractivity contribution is 7.99. The number of carbonyl (C=O) groups excluding carboxylic acids is 1. The average Bonchev–Trinajstić information content (AvgIpc) is 2.90. The van der Waals surface area contributed by atoms with E-state index in [0.29, 0.717) is 26.4 Å². The molecule has 0 atom stereocenters. The van der Waals surface area contributed by atoms with Gasteiger partial charge in [-0.25, -0.2) is 4.98 Å². The Morgan fingerprint density at radius 1 is 1.19 bits per heavy atom. The van der Waals surface area contributed by atoms with Gasteiger partial charge in [-0.3, -0.25) is 4.79 Å². The normalized spacial score (nSPS) is 11.0. The SMILES string of the molecule is O=C(CSc1nc2ccccc2o1)c1cc(Cl)ccc1Cl. The van der Waals surface area contributed by atoms with E-state index in [4.69, 9.17) is 27.6 Å². The van der Waals surface area contributed by atoms with E-state index >= 15 is 0 Å². The van der Waals surface area contributed by atoms with Gasteiger partial charge >= 0.3 is 0 Å². The van der Waals surface area contributed by atoms with Crippen LogP contribution < -0.4 is 0 Å². The van der Waals surface area contributed by atoms with Crippen molar-refractivity contribution in [3.05, 3.63) is 58.1 Å². The van der Waals surface area contributed by atoms with Crippen LogP contribution in [0.5, 0.6) is 0 Å². The number of nitrogens with zero attached hydrogens (tertiary/aromatic N) is 1. The molecular formula is C15H9Cl2NO2S. The standard InChI is InChI=1S/C15H9Cl2NO2S/c16-9-5-6-11(17)10(7-9)13(19)8-21-15-18-12-3-1-2-4-14(12)20-15/h1-7H,8H2. The van der Waals surface area contributed by atoms with Crippen LogP contribution in [0.2, 0.25) is 10.0 Å². The highest BCUT2D eigenvalue weighted by atomic mass is 35.5. The highest BCUT2D eigenvalue weighted by Gasteiger charge is 2.14. The zero-order valence-corrected chi connectivity index (χ0v) is 13.0. The zero-order chi connectivity index (χ0) is 14.8. The van der Waals surface area contributed by atoms with Crippen LogP contribution >= 0.6 is 35.0 Å². The Morgan fingerprint density at radius 2 is 2.00 bits per heavy atom. The molecule has 0 unspecified atom stereocenters. The fourth-order valence-corrected chi connectivity index (χ4v) is 2.95. The van der Waals surface area contributed by atoms with Gasteiger partial charge in [0, 0.05) is 10.6 Å². The van der Waals surface area contributed by atoms with E-state index in [2.05, 4.69) is 4.98 Å². The number of hydrogen-bond acceptors (Lipinski definition) is 4. The van der Waals surface area contributed by atoms with Gasteiger partial charge in [0.1, 0.15) is 5.52 Å². The summed E-state index contributed by atoms with van der Waals surface area (Å²) in [5.41, 5.74) is 1.88. The van der Waals surface area contributed by atoms with E-state index in [9.17, 15) is 4.79 Å². The van der Waals surface area contributed by atoms with Crippen molar-refractivity contribution in [2.45, 2.75) is 5.22 Å². The summed E-state index contributed by atoms with van der Waals surface area (Å²) in [4.78, 5) is 16.5. The van der Waals surface area contributed by atoms with Crippen LogP contribution in [-0.2, 0) is 0 Å². The first-order chi connectivity index (χ1) is 10.1. The van der Waals surface area contributed by atoms with Crippen molar-refractivity contribution in [2.75, 3.05) is 5.75 Å². The van der Waals surface area contributed by atoms with Crippen LogP contribution in [0.25, 0.3) is 11.1 Å². The summed E-state index contributed by atoms with van der Waals surface area (Å²) in [6.07, 6.45) is 0. The third-order valence-corrected chi connectivity index (χ3v) is 4.22. The molecule has 0 amide bonds. The van der Waals surface area contributed by atoms with E-state index < -0.39 is 0 Å². The van der Waals surface area contributed by atoms with Gasteiger partial charge < -0.3 is 4.42 Å². The minimum Gasteiger partial charge on any atom is -0.431 e. The molecular weight excluding hydrogens is 329 g/mol. The van der Waals surface area contributed by atoms with E-state index in [0.717, 1.165) is 5.52 Å². The Labute approximate surface area is 135 Å². The maximum atomic E-state index is 12.2. The van der Waals surface area contributed by atoms with Gasteiger partial charge in [0.2, 0.25) is 0 Å². The van der Waals surface area contributed by atoms with Gasteiger partial charge in [-0.15, -0.1) is 0 Å². The lowest BCUT2D eigenvalue weighted by atomic mass is 10.1. The summed E-state index contributed by atoms with van der Waals surface area (Å²) in [5, 5.41) is 1.33. The van der Waals surface area contributed by atoms with Crippen LogP contribution in [0.1, 0.15) is 10.4 Å². The van der Waals surface area contributed by atoms with Crippen LogP contribution in [0.15, 0.2) is 52.1 Å². The van der Waals surface area contributed by atoms with E-state index in [1.54, 1.807) is 18.2 Å². The van der Waals surface area contributed by atoms with Crippen LogP contribution in [0.3, 0.4) is 0 Å². The smallest absolute Gasteiger partial charge is 0.257 e. The molecule has 0 saturated carbocycles. The van der Waals surface area contributed by atoms with E-state index in [-0.39, 0.29) is 11.5 Å². The maximum Gasteiger partial charge on any atom is 0.257 e. The first-order valence-electron chi connectivity index (χ1n) is 6.10. The van der Waals surface area contributed by atoms with Crippen LogP contribution in [-0.4, -0.2) is 16.5 Å². The lowest BCUT2D eigenvalue weighted by molar-refractivity contribution is 0.102. The van der Waals surface area contributed by atoms with Gasteiger partial charge in [-0.05, 0) is 30.3 Å². The monoisotopic (exact) mass is 337 g/mol. The number of halogens is 2. The number of aromatic nitrogens is 1. The third-order valence-electron chi connectivity index (χ3n) is 2.83. The number of hydrogen-bond donors (Lipinski definition) is 0. The molecule has 6 heteroatoms. The summed E-state index contributed by atoms with van der Waals surface area (Å²) in [7, 11) is 0. The summed E-state index contributed by atoms with van der Waals surface area (Å²) < 4.78 is 5.55. The highest BCUT2D eigenvalue weighted by Crippen LogP contribution is 2.26. The number of oxazole rings is 1. The molecule has 3 aromatic rings. The minimum absolute atomic E-state index is 0.116. The second-order valence-electron chi connectivity index (χ2n) is 4.28. The number of fused-ring (bicyclic) bond motifs is 1. The molecule has 0 aliphatic carbocycles. The fraction of sp³-hybridized carbons (Fsp3) is 0.0667. The molecule has 0 spiro atoms. The quantitative estimate of drug-likeness (QED) is 0.490. The number of para-hydroxylation sites is 2. The Kier molecular flexibility index (Phi) is 4.19. The number of rotatable bonds is 4. The van der Waals surface area contributed by atoms with Crippen molar-refractivity contribution in [2.24, 2.45) is 0 Å². The fourth-order valence-electron chi connectivity index (χ4n) is 1.83.